The molecule has 3 saturated heterocycles. The molecule has 23 nitrogen and oxygen atoms in total. The molecular formula is C87H166N2O21. The van der Waals surface area contributed by atoms with Gasteiger partial charge in [-0.1, -0.05) is 367 Å². The van der Waals surface area contributed by atoms with Crippen molar-refractivity contribution in [2.24, 2.45) is 0 Å². The largest absolute Gasteiger partial charge is 0.477 e. The monoisotopic (exact) mass is 1580 g/mol. The van der Waals surface area contributed by atoms with Gasteiger partial charge < -0.3 is 100 Å². The minimum Gasteiger partial charge on any atom is -0.477 e. The van der Waals surface area contributed by atoms with Gasteiger partial charge in [-0.15, -0.1) is 0 Å². The number of carbonyl (C=O) groups is 3. The van der Waals surface area contributed by atoms with Gasteiger partial charge in [-0.05, 0) is 12.8 Å². The van der Waals surface area contributed by atoms with Crippen molar-refractivity contribution in [2.45, 2.75) is 509 Å². The van der Waals surface area contributed by atoms with Gasteiger partial charge in [0.1, 0.15) is 67.1 Å². The van der Waals surface area contributed by atoms with E-state index in [2.05, 4.69) is 24.5 Å². The highest BCUT2D eigenvalue weighted by Crippen LogP contribution is 2.39. The number of hydrogen-bond donors (Lipinski definition) is 14. The third-order valence-corrected chi connectivity index (χ3v) is 23.3. The lowest BCUT2D eigenvalue weighted by Crippen LogP contribution is -2.70. The molecule has 3 fully saturated rings. The summed E-state index contributed by atoms with van der Waals surface area (Å²) in [5.74, 6) is -6.08. The Bertz CT molecular complexity index is 2180. The van der Waals surface area contributed by atoms with Gasteiger partial charge in [0.15, 0.2) is 12.6 Å². The number of rotatable bonds is 74. The van der Waals surface area contributed by atoms with Gasteiger partial charge in [0, 0.05) is 19.8 Å². The number of carboxylic acid groups (broad SMARTS) is 1. The number of aliphatic carboxylic acids is 1. The molecule has 14 N–H and O–H groups in total. The Balaban J connectivity index is 1.40. The van der Waals surface area contributed by atoms with E-state index in [1.54, 1.807) is 0 Å². The molecule has 0 bridgehead atoms. The summed E-state index contributed by atoms with van der Waals surface area (Å²) in [6.07, 6.45) is 44.1. The Labute approximate surface area is 665 Å². The van der Waals surface area contributed by atoms with Crippen LogP contribution < -0.4 is 10.6 Å². The van der Waals surface area contributed by atoms with E-state index >= 15 is 0 Å². The first-order chi connectivity index (χ1) is 53.4. The standard InChI is InChI=1S/C87H166N2O21/c1-4-6-8-10-12-14-16-18-20-22-24-25-26-27-28-29-30-31-32-33-34-35-36-37-38-39-40-41-43-45-47-49-51-53-55-57-59-61-74(97)89-68(69(94)60-58-56-54-52-50-48-46-44-42-23-21-19-17-15-13-11-9-7-5-2)66-105-84-79(101)78(100)81(73(65-92)107-84)108-85-80(102)83(77(99)72(64-91)106-85)110-87(86(103)104)62-70(95)75(88-67(3)93)82(109-87)76(98)71(96)63-90/h68-73,75-85,90-92,94-96,98-102H,4-66H2,1-3H3,(H,88,93)(H,89,97)(H,103,104). The summed E-state index contributed by atoms with van der Waals surface area (Å²) in [5.41, 5.74) is 0. The van der Waals surface area contributed by atoms with Crippen molar-refractivity contribution >= 4 is 17.8 Å². The Morgan fingerprint density at radius 2 is 0.791 bits per heavy atom. The maximum absolute atomic E-state index is 13.6. The first-order valence-corrected chi connectivity index (χ1v) is 45.4. The Morgan fingerprint density at radius 3 is 1.14 bits per heavy atom. The lowest BCUT2D eigenvalue weighted by Gasteiger charge is -2.50. The number of unbranched alkanes of at least 4 members (excludes halogenated alkanes) is 54. The number of ether oxygens (including phenoxy) is 6. The maximum atomic E-state index is 13.6. The van der Waals surface area contributed by atoms with Gasteiger partial charge in [0.05, 0.1) is 50.7 Å². The second-order valence-corrected chi connectivity index (χ2v) is 33.2. The zero-order valence-electron chi connectivity index (χ0n) is 69.4. The van der Waals surface area contributed by atoms with E-state index in [1.165, 1.54) is 302 Å². The molecule has 3 aliphatic heterocycles. The number of amides is 2. The average molecular weight is 1580 g/mol. The van der Waals surface area contributed by atoms with Crippen LogP contribution in [0.3, 0.4) is 0 Å². The van der Waals surface area contributed by atoms with E-state index in [-0.39, 0.29) is 18.9 Å². The van der Waals surface area contributed by atoms with Gasteiger partial charge in [-0.3, -0.25) is 9.59 Å². The Morgan fingerprint density at radius 1 is 0.436 bits per heavy atom. The van der Waals surface area contributed by atoms with E-state index in [1.807, 2.05) is 0 Å². The van der Waals surface area contributed by atoms with E-state index in [0.29, 0.717) is 19.3 Å². The van der Waals surface area contributed by atoms with Crippen LogP contribution in [0.1, 0.15) is 400 Å². The molecule has 0 spiro atoms. The number of hydrogen-bond acceptors (Lipinski definition) is 20. The van der Waals surface area contributed by atoms with Crippen LogP contribution in [0.2, 0.25) is 0 Å². The predicted molar refractivity (Wildman–Crippen MR) is 431 cm³/mol. The highest BCUT2D eigenvalue weighted by atomic mass is 16.8. The molecule has 0 aromatic rings. The van der Waals surface area contributed by atoms with Crippen molar-refractivity contribution in [3.8, 4) is 0 Å². The van der Waals surface area contributed by atoms with Crippen LogP contribution in [0.4, 0.5) is 0 Å². The zero-order chi connectivity index (χ0) is 80.3. The van der Waals surface area contributed by atoms with Gasteiger partial charge in [-0.2, -0.15) is 0 Å². The Kier molecular flexibility index (Phi) is 60.9. The summed E-state index contributed by atoms with van der Waals surface area (Å²) < 4.78 is 35.0. The van der Waals surface area contributed by atoms with Crippen LogP contribution in [0.5, 0.6) is 0 Å². The molecule has 3 aliphatic rings. The molecule has 18 unspecified atom stereocenters. The summed E-state index contributed by atoms with van der Waals surface area (Å²) in [6, 6.07) is -2.53. The summed E-state index contributed by atoms with van der Waals surface area (Å²) in [5, 5.41) is 137. The van der Waals surface area contributed by atoms with Gasteiger partial charge in [0.2, 0.25) is 11.8 Å². The smallest absolute Gasteiger partial charge is 0.364 e. The molecule has 0 aromatic carbocycles. The third kappa shape index (κ3) is 44.3. The van der Waals surface area contributed by atoms with Crippen molar-refractivity contribution in [1.82, 2.24) is 10.6 Å². The topological polar surface area (TPSA) is 373 Å². The molecule has 0 aromatic heterocycles. The lowest BCUT2D eigenvalue weighted by atomic mass is 9.88. The average Bonchev–Trinajstić information content (AvgIpc) is 0.753. The van der Waals surface area contributed by atoms with Crippen LogP contribution in [-0.4, -0.2) is 215 Å². The number of aliphatic hydroxyl groups is 11. The normalized spacial score (nSPS) is 25.5. The number of nitrogens with one attached hydrogen (secondary N) is 2. The molecule has 0 radical (unpaired) electrons. The minimum absolute atomic E-state index is 0.230. The zero-order valence-corrected chi connectivity index (χ0v) is 69.4. The predicted octanol–water partition coefficient (Wildman–Crippen LogP) is 14.3. The van der Waals surface area contributed by atoms with Crippen LogP contribution in [0.25, 0.3) is 0 Å². The first-order valence-electron chi connectivity index (χ1n) is 45.4. The minimum atomic E-state index is -3.08. The molecule has 0 aliphatic carbocycles. The van der Waals surface area contributed by atoms with Crippen LogP contribution in [0.15, 0.2) is 0 Å². The molecule has 650 valence electrons. The van der Waals surface area contributed by atoms with E-state index in [0.717, 1.165) is 51.9 Å². The summed E-state index contributed by atoms with van der Waals surface area (Å²) in [6.45, 7) is 2.29. The van der Waals surface area contributed by atoms with Crippen LogP contribution in [0, 0.1) is 0 Å². The summed E-state index contributed by atoms with van der Waals surface area (Å²) >= 11 is 0. The SMILES string of the molecule is CCCCCCCCCCCCCCCCCCCCCCCCCCCCCCCCCCCCCCCC(=O)NC(COC1OC(CO)C(OC2OC(CO)C(O)C(OC3(C(=O)O)CC(O)C(NC(C)=O)C(C(O)C(O)CO)O3)C2O)C(O)C1O)C(O)CCCCCCCCCCCCCCCCCCCCC. The lowest BCUT2D eigenvalue weighted by molar-refractivity contribution is -0.386. The second kappa shape index (κ2) is 65.7. The fourth-order valence-electron chi connectivity index (χ4n) is 16.2. The van der Waals surface area contributed by atoms with E-state index in [4.69, 9.17) is 28.4 Å². The van der Waals surface area contributed by atoms with Gasteiger partial charge in [-0.25, -0.2) is 4.79 Å². The van der Waals surface area contributed by atoms with Gasteiger partial charge >= 0.3 is 5.97 Å². The fraction of sp³-hybridized carbons (Fsp3) is 0.966. The molecule has 2 amide bonds. The second-order valence-electron chi connectivity index (χ2n) is 33.2. The van der Waals surface area contributed by atoms with Crippen molar-refractivity contribution in [3.63, 3.8) is 0 Å². The Hall–Kier alpha value is -2.27. The quantitative estimate of drug-likeness (QED) is 0.0252. The van der Waals surface area contributed by atoms with E-state index < -0.39 is 148 Å². The first kappa shape index (κ1) is 102. The van der Waals surface area contributed by atoms with Crippen LogP contribution in [-0.2, 0) is 42.8 Å². The molecule has 3 rings (SSSR count). The summed E-state index contributed by atoms with van der Waals surface area (Å²) in [4.78, 5) is 38.8. The van der Waals surface area contributed by atoms with Gasteiger partial charge in [0.25, 0.3) is 5.79 Å². The summed E-state index contributed by atoms with van der Waals surface area (Å²) in [7, 11) is 0. The highest BCUT2D eigenvalue weighted by Gasteiger charge is 2.60. The van der Waals surface area contributed by atoms with Crippen molar-refractivity contribution in [2.75, 3.05) is 26.4 Å². The molecule has 110 heavy (non-hydrogen) atoms. The number of carbonyl (C=O) groups excluding carboxylic acids is 2. The van der Waals surface area contributed by atoms with Crippen molar-refractivity contribution in [1.29, 1.82) is 0 Å². The molecule has 23 heteroatoms. The highest BCUT2D eigenvalue weighted by molar-refractivity contribution is 5.77. The van der Waals surface area contributed by atoms with Crippen molar-refractivity contribution < 1.29 is 104 Å². The number of carboxylic acids is 1. The van der Waals surface area contributed by atoms with E-state index in [9.17, 15) is 75.7 Å². The van der Waals surface area contributed by atoms with Crippen LogP contribution >= 0.6 is 0 Å². The molecule has 18 atom stereocenters. The maximum Gasteiger partial charge on any atom is 0.364 e. The van der Waals surface area contributed by atoms with Crippen molar-refractivity contribution in [3.05, 3.63) is 0 Å². The third-order valence-electron chi connectivity index (χ3n) is 23.3. The fourth-order valence-corrected chi connectivity index (χ4v) is 16.2. The molecule has 3 heterocycles. The molecular weight excluding hydrogens is 1410 g/mol. The molecule has 0 saturated carbocycles. The number of aliphatic hydroxyl groups excluding tert-OH is 11.